The normalized spacial score (nSPS) is 14.4. The minimum Gasteiger partial charge on any atom is -0.462 e. The largest absolute Gasteiger partial charge is 0.472 e. The number of aliphatic hydroxyl groups is 1. The number of aliphatic hydroxyl groups excluding tert-OH is 1. The molecule has 524 valence electrons. The van der Waals surface area contributed by atoms with Gasteiger partial charge < -0.3 is 33.8 Å². The lowest BCUT2D eigenvalue weighted by Gasteiger charge is -2.21. The summed E-state index contributed by atoms with van der Waals surface area (Å²) in [4.78, 5) is 72.5. The third kappa shape index (κ3) is 64.1. The van der Waals surface area contributed by atoms with E-state index in [1.165, 1.54) is 109 Å². The lowest BCUT2D eigenvalue weighted by molar-refractivity contribution is -0.161. The summed E-state index contributed by atoms with van der Waals surface area (Å²) in [6.07, 6.45) is 46.7. The van der Waals surface area contributed by atoms with Crippen molar-refractivity contribution in [3.8, 4) is 0 Å². The van der Waals surface area contributed by atoms with Crippen LogP contribution in [0.25, 0.3) is 0 Å². The molecule has 0 fully saturated rings. The van der Waals surface area contributed by atoms with Gasteiger partial charge in [-0.3, -0.25) is 37.3 Å². The van der Waals surface area contributed by atoms with E-state index in [1.54, 1.807) is 0 Å². The molecule has 0 aromatic heterocycles. The Labute approximate surface area is 542 Å². The Morgan fingerprint density at radius 3 is 0.910 bits per heavy atom. The molecule has 3 unspecified atom stereocenters. The number of phosphoric acid groups is 2. The van der Waals surface area contributed by atoms with Gasteiger partial charge in [0.05, 0.1) is 26.4 Å². The minimum atomic E-state index is -4.96. The summed E-state index contributed by atoms with van der Waals surface area (Å²) in [5.74, 6) is 0.0181. The van der Waals surface area contributed by atoms with Crippen LogP contribution in [0.2, 0.25) is 0 Å². The maximum Gasteiger partial charge on any atom is 0.472 e. The molecule has 0 aromatic carbocycles. The molecule has 0 bridgehead atoms. The standard InChI is InChI=1S/C70H132O17P2/c1-8-9-10-11-12-13-14-15-16-17-18-22-31-39-46-53-69(74)86-65(57-80-67(72)51-44-37-30-25-24-28-35-42-49-62(4)5)59-84-88(76,77)82-55-64(71)56-83-89(78,79)85-60-66(58-81-68(73)52-45-38-33-26-29-36-43-50-63(6)7)87-70(75)54-47-40-32-23-20-19-21-27-34-41-48-61(2)3/h13-16,61-66,71H,8-12,17-60H2,1-7H3,(H,76,77)(H,78,79)/b14-13-,16-15-/t64?,65-,66-/m1/s1. The zero-order valence-electron chi connectivity index (χ0n) is 57.4. The predicted molar refractivity (Wildman–Crippen MR) is 358 cm³/mol. The highest BCUT2D eigenvalue weighted by atomic mass is 31.2. The third-order valence-corrected chi connectivity index (χ3v) is 17.4. The lowest BCUT2D eigenvalue weighted by atomic mass is 10.0. The highest BCUT2D eigenvalue weighted by Gasteiger charge is 2.30. The molecule has 0 heterocycles. The summed E-state index contributed by atoms with van der Waals surface area (Å²) in [5, 5.41) is 10.6. The molecule has 19 heteroatoms. The van der Waals surface area contributed by atoms with Crippen molar-refractivity contribution in [2.45, 2.75) is 343 Å². The highest BCUT2D eigenvalue weighted by Crippen LogP contribution is 2.45. The van der Waals surface area contributed by atoms with Crippen LogP contribution in [-0.2, 0) is 65.4 Å². The van der Waals surface area contributed by atoms with Crippen molar-refractivity contribution in [2.24, 2.45) is 17.8 Å². The number of ether oxygens (including phenoxy) is 4. The molecule has 0 saturated heterocycles. The Hall–Kier alpha value is -2.46. The Bertz CT molecular complexity index is 1840. The van der Waals surface area contributed by atoms with E-state index in [0.29, 0.717) is 31.6 Å². The van der Waals surface area contributed by atoms with Gasteiger partial charge in [0.15, 0.2) is 12.2 Å². The second kappa shape index (κ2) is 60.5. The molecule has 0 radical (unpaired) electrons. The van der Waals surface area contributed by atoms with E-state index in [9.17, 15) is 43.2 Å². The number of hydrogen-bond acceptors (Lipinski definition) is 15. The second-order valence-corrected chi connectivity index (χ2v) is 28.9. The van der Waals surface area contributed by atoms with Crippen LogP contribution in [-0.4, -0.2) is 96.7 Å². The van der Waals surface area contributed by atoms with E-state index >= 15 is 0 Å². The monoisotopic (exact) mass is 1310 g/mol. The molecule has 0 aliphatic rings. The maximum absolute atomic E-state index is 13.0. The molecule has 0 rings (SSSR count). The molecule has 0 aromatic rings. The molecule has 17 nitrogen and oxygen atoms in total. The first kappa shape index (κ1) is 86.5. The molecule has 0 saturated carbocycles. The van der Waals surface area contributed by atoms with Gasteiger partial charge in [-0.25, -0.2) is 9.13 Å². The highest BCUT2D eigenvalue weighted by molar-refractivity contribution is 7.47. The van der Waals surface area contributed by atoms with Gasteiger partial charge in [0.25, 0.3) is 0 Å². The predicted octanol–water partition coefficient (Wildman–Crippen LogP) is 19.4. The molecule has 0 aliphatic heterocycles. The van der Waals surface area contributed by atoms with Crippen molar-refractivity contribution in [2.75, 3.05) is 39.6 Å². The van der Waals surface area contributed by atoms with Crippen LogP contribution >= 0.6 is 15.6 Å². The molecular formula is C70H132O17P2. The van der Waals surface area contributed by atoms with Crippen LogP contribution in [0, 0.1) is 17.8 Å². The molecule has 0 spiro atoms. The van der Waals surface area contributed by atoms with Crippen molar-refractivity contribution < 1.29 is 80.2 Å². The Balaban J connectivity index is 5.29. The summed E-state index contributed by atoms with van der Waals surface area (Å²) in [7, 11) is -9.91. The number of phosphoric ester groups is 2. The van der Waals surface area contributed by atoms with Gasteiger partial charge in [0, 0.05) is 25.7 Å². The molecule has 0 aliphatic carbocycles. The number of allylic oxidation sites excluding steroid dienone is 4. The van der Waals surface area contributed by atoms with Crippen LogP contribution in [0.15, 0.2) is 24.3 Å². The van der Waals surface area contributed by atoms with Gasteiger partial charge in [-0.15, -0.1) is 0 Å². The van der Waals surface area contributed by atoms with Gasteiger partial charge in [-0.2, -0.15) is 0 Å². The van der Waals surface area contributed by atoms with Crippen molar-refractivity contribution in [1.82, 2.24) is 0 Å². The zero-order chi connectivity index (χ0) is 65.9. The average Bonchev–Trinajstić information content (AvgIpc) is 3.55. The van der Waals surface area contributed by atoms with Gasteiger partial charge in [0.1, 0.15) is 19.3 Å². The molecule has 89 heavy (non-hydrogen) atoms. The first-order valence-corrected chi connectivity index (χ1v) is 38.7. The first-order valence-electron chi connectivity index (χ1n) is 35.7. The van der Waals surface area contributed by atoms with Crippen LogP contribution in [0.5, 0.6) is 0 Å². The van der Waals surface area contributed by atoms with E-state index < -0.39 is 97.5 Å². The smallest absolute Gasteiger partial charge is 0.462 e. The Kier molecular flexibility index (Phi) is 58.8. The Morgan fingerprint density at radius 1 is 0.348 bits per heavy atom. The molecule has 5 atom stereocenters. The molecule has 3 N–H and O–H groups in total. The van der Waals surface area contributed by atoms with Gasteiger partial charge in [-0.1, -0.05) is 272 Å². The van der Waals surface area contributed by atoms with Crippen molar-refractivity contribution in [3.63, 3.8) is 0 Å². The van der Waals surface area contributed by atoms with E-state index in [0.717, 1.165) is 127 Å². The topological polar surface area (TPSA) is 237 Å². The first-order chi connectivity index (χ1) is 42.7. The lowest BCUT2D eigenvalue weighted by Crippen LogP contribution is -2.30. The van der Waals surface area contributed by atoms with Crippen LogP contribution in [0.4, 0.5) is 0 Å². The van der Waals surface area contributed by atoms with Gasteiger partial charge >= 0.3 is 39.5 Å². The van der Waals surface area contributed by atoms with Crippen molar-refractivity contribution in [3.05, 3.63) is 24.3 Å². The number of carbonyl (C=O) groups is 4. The number of hydrogen-bond donors (Lipinski definition) is 3. The average molecular weight is 1310 g/mol. The fraction of sp³-hybridized carbons (Fsp3) is 0.886. The Morgan fingerprint density at radius 2 is 0.607 bits per heavy atom. The second-order valence-electron chi connectivity index (χ2n) is 26.0. The van der Waals surface area contributed by atoms with Crippen LogP contribution in [0.3, 0.4) is 0 Å². The zero-order valence-corrected chi connectivity index (χ0v) is 59.2. The SMILES string of the molecule is CCCCCC/C=C\C=C/CCCCCCCC(=O)O[C@H](COC(=O)CCCCCCCCCCC(C)C)COP(=O)(O)OCC(O)COP(=O)(O)OC[C@@H](COC(=O)CCCCCCCCCC(C)C)OC(=O)CCCCCCCCCCCCC(C)C. The summed E-state index contributed by atoms with van der Waals surface area (Å²) in [5.41, 5.74) is 0. The van der Waals surface area contributed by atoms with Crippen LogP contribution in [0.1, 0.15) is 325 Å². The number of esters is 4. The van der Waals surface area contributed by atoms with Gasteiger partial charge in [0.2, 0.25) is 0 Å². The summed E-state index contributed by atoms with van der Waals surface area (Å²) in [6, 6.07) is 0. The maximum atomic E-state index is 13.0. The number of carbonyl (C=O) groups excluding carboxylic acids is 4. The van der Waals surface area contributed by atoms with Gasteiger partial charge in [-0.05, 0) is 69.1 Å². The quantitative estimate of drug-likeness (QED) is 0.0169. The molecule has 0 amide bonds. The minimum absolute atomic E-state index is 0.0839. The summed E-state index contributed by atoms with van der Waals surface area (Å²) < 4.78 is 68.2. The fourth-order valence-corrected chi connectivity index (χ4v) is 11.6. The number of rotatable bonds is 66. The van der Waals surface area contributed by atoms with E-state index in [-0.39, 0.29) is 25.7 Å². The van der Waals surface area contributed by atoms with Crippen molar-refractivity contribution >= 4 is 39.5 Å². The van der Waals surface area contributed by atoms with E-state index in [4.69, 9.17) is 37.0 Å². The van der Waals surface area contributed by atoms with Crippen LogP contribution < -0.4 is 0 Å². The number of unbranched alkanes of at least 4 members (excludes halogenated alkanes) is 31. The van der Waals surface area contributed by atoms with E-state index in [1.807, 2.05) is 0 Å². The summed E-state index contributed by atoms with van der Waals surface area (Å²) >= 11 is 0. The third-order valence-electron chi connectivity index (χ3n) is 15.5. The van der Waals surface area contributed by atoms with E-state index in [2.05, 4.69) is 72.8 Å². The van der Waals surface area contributed by atoms with Crippen molar-refractivity contribution in [1.29, 1.82) is 0 Å². The fourth-order valence-electron chi connectivity index (χ4n) is 10.0. The molecular weight excluding hydrogens is 1170 g/mol. The summed E-state index contributed by atoms with van der Waals surface area (Å²) in [6.45, 7) is 11.7.